The summed E-state index contributed by atoms with van der Waals surface area (Å²) in [5, 5.41) is 6.28. The largest absolute Gasteiger partial charge is 0.334 e. The van der Waals surface area contributed by atoms with Crippen LogP contribution in [0.2, 0.25) is 0 Å². The molecule has 0 saturated carbocycles. The topological polar surface area (TPSA) is 77.0 Å². The zero-order valence-electron chi connectivity index (χ0n) is 13.7. The molecular weight excluding hydrogens is 377 g/mol. The Hall–Kier alpha value is -2.29. The summed E-state index contributed by atoms with van der Waals surface area (Å²) in [5.74, 6) is -0.00126. The highest BCUT2D eigenvalue weighted by atomic mass is 35.5. The minimum absolute atomic E-state index is 0. The second kappa shape index (κ2) is 7.53. The highest BCUT2D eigenvalue weighted by Gasteiger charge is 2.28. The number of rotatable bonds is 3. The second-order valence-electron chi connectivity index (χ2n) is 5.93. The third-order valence-electron chi connectivity index (χ3n) is 4.10. The molecule has 4 rings (SSSR count). The first-order chi connectivity index (χ1) is 12.1. The van der Waals surface area contributed by atoms with Crippen molar-refractivity contribution in [2.45, 2.75) is 12.5 Å². The first-order valence-electron chi connectivity index (χ1n) is 7.93. The minimum Gasteiger partial charge on any atom is -0.334 e. The van der Waals surface area contributed by atoms with Gasteiger partial charge in [0.2, 0.25) is 5.82 Å². The summed E-state index contributed by atoms with van der Waals surface area (Å²) in [6.45, 7) is 1.10. The number of aromatic nitrogens is 3. The molecule has 1 aromatic carbocycles. The van der Waals surface area contributed by atoms with Crippen molar-refractivity contribution < 1.29 is 9.18 Å². The van der Waals surface area contributed by atoms with Crippen molar-refractivity contribution in [3.05, 3.63) is 53.4 Å². The Balaban J connectivity index is 0.00000196. The predicted octanol–water partition coefficient (Wildman–Crippen LogP) is 2.73. The number of halogens is 2. The van der Waals surface area contributed by atoms with E-state index in [9.17, 15) is 9.18 Å². The maximum Gasteiger partial charge on any atom is 0.293 e. The monoisotopic (exact) mass is 393 g/mol. The molecule has 9 heteroatoms. The van der Waals surface area contributed by atoms with E-state index in [0.717, 1.165) is 11.3 Å². The summed E-state index contributed by atoms with van der Waals surface area (Å²) in [6, 6.07) is 9.84. The van der Waals surface area contributed by atoms with Gasteiger partial charge in [-0.1, -0.05) is 12.1 Å². The van der Waals surface area contributed by atoms with Crippen molar-refractivity contribution in [2.75, 3.05) is 13.1 Å². The fraction of sp³-hybridized carbons (Fsp3) is 0.235. The van der Waals surface area contributed by atoms with Gasteiger partial charge in [0, 0.05) is 19.1 Å². The normalized spacial score (nSPS) is 16.5. The van der Waals surface area contributed by atoms with E-state index >= 15 is 0 Å². The summed E-state index contributed by atoms with van der Waals surface area (Å²) in [5.41, 5.74) is 6.40. The lowest BCUT2D eigenvalue weighted by atomic mass is 10.3. The van der Waals surface area contributed by atoms with Gasteiger partial charge in [0.25, 0.3) is 5.91 Å². The maximum absolute atomic E-state index is 13.6. The quantitative estimate of drug-likeness (QED) is 0.742. The van der Waals surface area contributed by atoms with Gasteiger partial charge in [-0.2, -0.15) is 0 Å². The number of benzene rings is 1. The van der Waals surface area contributed by atoms with Gasteiger partial charge in [-0.15, -0.1) is 28.8 Å². The maximum atomic E-state index is 13.6. The SMILES string of the molecule is Cl.N[C@@H]1CCN(C(=O)c2nc(-c3cccs3)n(-c3cccc(F)c3)n2)C1. The average Bonchev–Trinajstić information content (AvgIpc) is 3.34. The van der Waals surface area contributed by atoms with Crippen LogP contribution in [0.4, 0.5) is 4.39 Å². The summed E-state index contributed by atoms with van der Waals surface area (Å²) in [6.07, 6.45) is 0.772. The molecule has 1 amide bonds. The lowest BCUT2D eigenvalue weighted by Crippen LogP contribution is -2.32. The van der Waals surface area contributed by atoms with E-state index in [-0.39, 0.29) is 36.0 Å². The van der Waals surface area contributed by atoms with Crippen LogP contribution in [0.3, 0.4) is 0 Å². The van der Waals surface area contributed by atoms with Gasteiger partial charge < -0.3 is 10.6 Å². The van der Waals surface area contributed by atoms with Crippen LogP contribution in [-0.2, 0) is 0 Å². The Morgan fingerprint density at radius 2 is 2.15 bits per heavy atom. The fourth-order valence-corrected chi connectivity index (χ4v) is 3.57. The third kappa shape index (κ3) is 3.48. The van der Waals surface area contributed by atoms with Crippen LogP contribution < -0.4 is 5.73 Å². The number of thiophene rings is 1. The molecule has 0 spiro atoms. The first-order valence-corrected chi connectivity index (χ1v) is 8.81. The highest BCUT2D eigenvalue weighted by molar-refractivity contribution is 7.13. The minimum atomic E-state index is -0.372. The molecule has 1 aliphatic heterocycles. The molecule has 136 valence electrons. The molecule has 1 fully saturated rings. The lowest BCUT2D eigenvalue weighted by molar-refractivity contribution is 0.0779. The van der Waals surface area contributed by atoms with Gasteiger partial charge in [0.1, 0.15) is 5.82 Å². The molecule has 0 bridgehead atoms. The molecule has 1 saturated heterocycles. The van der Waals surface area contributed by atoms with Gasteiger partial charge in [-0.3, -0.25) is 4.79 Å². The Kier molecular flexibility index (Phi) is 5.36. The van der Waals surface area contributed by atoms with E-state index in [0.29, 0.717) is 24.6 Å². The summed E-state index contributed by atoms with van der Waals surface area (Å²) >= 11 is 1.48. The number of carbonyl (C=O) groups excluding carboxylic acids is 1. The molecule has 26 heavy (non-hydrogen) atoms. The second-order valence-corrected chi connectivity index (χ2v) is 6.88. The number of hydrogen-bond acceptors (Lipinski definition) is 5. The molecule has 0 radical (unpaired) electrons. The number of nitrogens with two attached hydrogens (primary N) is 1. The number of amides is 1. The smallest absolute Gasteiger partial charge is 0.293 e. The van der Waals surface area contributed by atoms with Crippen LogP contribution in [0.15, 0.2) is 41.8 Å². The molecule has 3 aromatic rings. The Morgan fingerprint density at radius 3 is 2.81 bits per heavy atom. The van der Waals surface area contributed by atoms with E-state index in [2.05, 4.69) is 10.1 Å². The summed E-state index contributed by atoms with van der Waals surface area (Å²) < 4.78 is 15.1. The van der Waals surface area contributed by atoms with Crippen LogP contribution in [0.1, 0.15) is 17.0 Å². The zero-order chi connectivity index (χ0) is 17.4. The Labute approximate surface area is 159 Å². The Bertz CT molecular complexity index is 914. The number of carbonyl (C=O) groups is 1. The molecule has 0 aliphatic carbocycles. The molecule has 2 N–H and O–H groups in total. The van der Waals surface area contributed by atoms with Gasteiger partial charge in [-0.05, 0) is 36.1 Å². The lowest BCUT2D eigenvalue weighted by Gasteiger charge is -2.12. The molecule has 6 nitrogen and oxygen atoms in total. The van der Waals surface area contributed by atoms with Gasteiger partial charge in [0.15, 0.2) is 5.82 Å². The third-order valence-corrected chi connectivity index (χ3v) is 4.97. The van der Waals surface area contributed by atoms with Crippen molar-refractivity contribution in [2.24, 2.45) is 5.73 Å². The van der Waals surface area contributed by atoms with Gasteiger partial charge in [0.05, 0.1) is 10.6 Å². The van der Waals surface area contributed by atoms with Crippen LogP contribution in [0.5, 0.6) is 0 Å². The molecule has 1 atom stereocenters. The van der Waals surface area contributed by atoms with Crippen molar-refractivity contribution in [3.63, 3.8) is 0 Å². The van der Waals surface area contributed by atoms with Gasteiger partial charge in [-0.25, -0.2) is 14.1 Å². The molecule has 0 unspecified atom stereocenters. The highest BCUT2D eigenvalue weighted by Crippen LogP contribution is 2.26. The Morgan fingerprint density at radius 1 is 1.31 bits per heavy atom. The molecular formula is C17H17ClFN5OS. The van der Waals surface area contributed by atoms with Crippen LogP contribution in [-0.4, -0.2) is 44.7 Å². The predicted molar refractivity (Wildman–Crippen MR) is 100 cm³/mol. The van der Waals surface area contributed by atoms with Crippen molar-refractivity contribution in [1.82, 2.24) is 19.7 Å². The van der Waals surface area contributed by atoms with Crippen LogP contribution in [0, 0.1) is 5.82 Å². The summed E-state index contributed by atoms with van der Waals surface area (Å²) in [4.78, 5) is 19.6. The fourth-order valence-electron chi connectivity index (χ4n) is 2.87. The van der Waals surface area contributed by atoms with E-state index in [1.165, 1.54) is 28.2 Å². The molecule has 2 aromatic heterocycles. The average molecular weight is 394 g/mol. The summed E-state index contributed by atoms with van der Waals surface area (Å²) in [7, 11) is 0. The molecule has 1 aliphatic rings. The van der Waals surface area contributed by atoms with Gasteiger partial charge >= 0.3 is 0 Å². The number of likely N-dealkylation sites (tertiary alicyclic amines) is 1. The number of hydrogen-bond donors (Lipinski definition) is 1. The van der Waals surface area contributed by atoms with Crippen LogP contribution >= 0.6 is 23.7 Å². The van der Waals surface area contributed by atoms with E-state index in [1.54, 1.807) is 17.0 Å². The molecule has 3 heterocycles. The van der Waals surface area contributed by atoms with Crippen molar-refractivity contribution in [3.8, 4) is 16.4 Å². The van der Waals surface area contributed by atoms with E-state index < -0.39 is 0 Å². The van der Waals surface area contributed by atoms with E-state index in [1.807, 2.05) is 17.5 Å². The zero-order valence-corrected chi connectivity index (χ0v) is 15.3. The first kappa shape index (κ1) is 18.5. The van der Waals surface area contributed by atoms with Crippen molar-refractivity contribution in [1.29, 1.82) is 0 Å². The standard InChI is InChI=1S/C17H16FN5OS.ClH/c18-11-3-1-4-13(9-11)23-16(14-5-2-8-25-14)20-15(21-23)17(24)22-7-6-12(19)10-22;/h1-5,8-9,12H,6-7,10,19H2;1H/t12-;/m1./s1. The van der Waals surface area contributed by atoms with Crippen molar-refractivity contribution >= 4 is 29.7 Å². The van der Waals surface area contributed by atoms with E-state index in [4.69, 9.17) is 5.73 Å². The van der Waals surface area contributed by atoms with Crippen LogP contribution in [0.25, 0.3) is 16.4 Å². The number of nitrogens with zero attached hydrogens (tertiary/aromatic N) is 4.